The van der Waals surface area contributed by atoms with Gasteiger partial charge in [-0.2, -0.15) is 9.98 Å². The summed E-state index contributed by atoms with van der Waals surface area (Å²) in [6, 6.07) is 15.0. The molecular weight excluding hydrogens is 328 g/mol. The van der Waals surface area contributed by atoms with Gasteiger partial charge in [-0.15, -0.1) is 0 Å². The van der Waals surface area contributed by atoms with Gasteiger partial charge in [-0.05, 0) is 25.1 Å². The molecule has 1 N–H and O–H groups in total. The largest absolute Gasteiger partial charge is 0.460 e. The molecule has 0 fully saturated rings. The quantitative estimate of drug-likeness (QED) is 0.807. The fourth-order valence-corrected chi connectivity index (χ4v) is 2.89. The van der Waals surface area contributed by atoms with Crippen LogP contribution in [0.5, 0.6) is 0 Å². The zero-order chi connectivity index (χ0) is 17.6. The molecule has 0 amide bonds. The molecule has 0 aromatic heterocycles. The van der Waals surface area contributed by atoms with Gasteiger partial charge >= 0.3 is 5.97 Å². The fourth-order valence-electron chi connectivity index (χ4n) is 1.92. The lowest BCUT2D eigenvalue weighted by Gasteiger charge is -2.08. The van der Waals surface area contributed by atoms with Crippen LogP contribution in [0.1, 0.15) is 16.7 Å². The number of benzene rings is 2. The Hall–Kier alpha value is -2.69. The van der Waals surface area contributed by atoms with Crippen LogP contribution in [0.2, 0.25) is 0 Å². The number of nitriles is 1. The summed E-state index contributed by atoms with van der Waals surface area (Å²) in [5.74, 6) is -0.724. The first-order valence-corrected chi connectivity index (χ1v) is 8.60. The molecule has 0 aliphatic rings. The van der Waals surface area contributed by atoms with Crippen molar-refractivity contribution in [2.75, 3.05) is 6.54 Å². The molecule has 0 atom stereocenters. The summed E-state index contributed by atoms with van der Waals surface area (Å²) in [6.45, 7) is 1.28. The van der Waals surface area contributed by atoms with E-state index in [1.54, 1.807) is 36.4 Å². The number of rotatable bonds is 6. The van der Waals surface area contributed by atoms with E-state index in [4.69, 9.17) is 10.00 Å². The van der Waals surface area contributed by atoms with Gasteiger partial charge in [0.05, 0.1) is 16.5 Å². The number of esters is 1. The Kier molecular flexibility index (Phi) is 5.68. The molecule has 0 saturated carbocycles. The maximum absolute atomic E-state index is 12.1. The van der Waals surface area contributed by atoms with E-state index in [-0.39, 0.29) is 11.5 Å². The van der Waals surface area contributed by atoms with Crippen molar-refractivity contribution < 1.29 is 17.9 Å². The lowest BCUT2D eigenvalue weighted by atomic mass is 10.1. The van der Waals surface area contributed by atoms with Gasteiger partial charge in [0.1, 0.15) is 13.2 Å². The van der Waals surface area contributed by atoms with Crippen LogP contribution in [0.3, 0.4) is 0 Å². The zero-order valence-corrected chi connectivity index (χ0v) is 13.8. The smallest absolute Gasteiger partial charge is 0.321 e. The molecular formula is C17H16N2O4S. The van der Waals surface area contributed by atoms with Crippen molar-refractivity contribution in [3.05, 3.63) is 65.2 Å². The number of nitrogens with zero attached hydrogens (tertiary/aromatic N) is 1. The summed E-state index contributed by atoms with van der Waals surface area (Å²) in [7, 11) is -3.77. The van der Waals surface area contributed by atoms with E-state index in [2.05, 4.69) is 4.72 Å². The number of nitrogens with one attached hydrogen (secondary N) is 1. The van der Waals surface area contributed by atoms with Gasteiger partial charge in [0.15, 0.2) is 0 Å². The van der Waals surface area contributed by atoms with Gasteiger partial charge < -0.3 is 4.74 Å². The summed E-state index contributed by atoms with van der Waals surface area (Å²) in [4.78, 5) is 11.8. The van der Waals surface area contributed by atoms with Crippen LogP contribution in [0.25, 0.3) is 0 Å². The van der Waals surface area contributed by atoms with Crippen molar-refractivity contribution in [1.82, 2.24) is 4.72 Å². The molecule has 0 bridgehead atoms. The van der Waals surface area contributed by atoms with Crippen molar-refractivity contribution in [2.24, 2.45) is 0 Å². The van der Waals surface area contributed by atoms with Gasteiger partial charge in [-0.1, -0.05) is 35.9 Å². The third-order valence-corrected chi connectivity index (χ3v) is 4.68. The third kappa shape index (κ3) is 4.65. The van der Waals surface area contributed by atoms with Crippen LogP contribution in [-0.2, 0) is 26.2 Å². The topological polar surface area (TPSA) is 96.3 Å². The molecule has 0 unspecified atom stereocenters. The van der Waals surface area contributed by atoms with Crippen molar-refractivity contribution >= 4 is 16.0 Å². The standard InChI is InChI=1S/C17H16N2O4S/c1-13-6-8-16(9-7-13)24(21,22)19-11-17(20)23-12-15-5-3-2-4-14(15)10-18/h2-9,19H,11-12H2,1H3. The van der Waals surface area contributed by atoms with E-state index in [9.17, 15) is 13.2 Å². The van der Waals surface area contributed by atoms with Gasteiger partial charge in [-0.3, -0.25) is 4.79 Å². The van der Waals surface area contributed by atoms with Crippen LogP contribution in [0, 0.1) is 18.3 Å². The van der Waals surface area contributed by atoms with E-state index in [0.717, 1.165) is 5.56 Å². The Morgan fingerprint density at radius 1 is 1.17 bits per heavy atom. The van der Waals surface area contributed by atoms with Crippen LogP contribution in [0.4, 0.5) is 0 Å². The third-order valence-electron chi connectivity index (χ3n) is 3.26. The average Bonchev–Trinajstić information content (AvgIpc) is 2.59. The molecule has 2 aromatic rings. The van der Waals surface area contributed by atoms with Crippen LogP contribution >= 0.6 is 0 Å². The van der Waals surface area contributed by atoms with Gasteiger partial charge in [0.2, 0.25) is 10.0 Å². The zero-order valence-electron chi connectivity index (χ0n) is 13.0. The Balaban J connectivity index is 1.91. The second kappa shape index (κ2) is 7.73. The highest BCUT2D eigenvalue weighted by molar-refractivity contribution is 7.89. The number of hydrogen-bond acceptors (Lipinski definition) is 5. The molecule has 7 heteroatoms. The Bertz CT molecular complexity index is 868. The maximum Gasteiger partial charge on any atom is 0.321 e. The van der Waals surface area contributed by atoms with Crippen molar-refractivity contribution in [3.8, 4) is 6.07 Å². The summed E-state index contributed by atoms with van der Waals surface area (Å²) < 4.78 is 31.3. The molecule has 0 saturated heterocycles. The molecule has 0 spiro atoms. The molecule has 0 aliphatic carbocycles. The van der Waals surface area contributed by atoms with Crippen LogP contribution in [-0.4, -0.2) is 20.9 Å². The first-order valence-electron chi connectivity index (χ1n) is 7.12. The fraction of sp³-hybridized carbons (Fsp3) is 0.176. The number of carbonyl (C=O) groups is 1. The molecule has 24 heavy (non-hydrogen) atoms. The van der Waals surface area contributed by atoms with E-state index in [1.165, 1.54) is 12.1 Å². The SMILES string of the molecule is Cc1ccc(S(=O)(=O)NCC(=O)OCc2ccccc2C#N)cc1. The summed E-state index contributed by atoms with van der Waals surface area (Å²) in [5.41, 5.74) is 1.91. The highest BCUT2D eigenvalue weighted by Gasteiger charge is 2.16. The minimum absolute atomic E-state index is 0.0794. The molecule has 0 heterocycles. The van der Waals surface area contributed by atoms with E-state index >= 15 is 0 Å². The lowest BCUT2D eigenvalue weighted by molar-refractivity contribution is -0.143. The first-order chi connectivity index (χ1) is 11.4. The number of ether oxygens (including phenoxy) is 1. The maximum atomic E-state index is 12.1. The monoisotopic (exact) mass is 344 g/mol. The van der Waals surface area contributed by atoms with Crippen molar-refractivity contribution in [1.29, 1.82) is 5.26 Å². The molecule has 6 nitrogen and oxygen atoms in total. The van der Waals surface area contributed by atoms with Gasteiger partial charge in [0, 0.05) is 5.56 Å². The lowest BCUT2D eigenvalue weighted by Crippen LogP contribution is -2.30. The molecule has 0 radical (unpaired) electrons. The highest BCUT2D eigenvalue weighted by Crippen LogP contribution is 2.10. The summed E-state index contributed by atoms with van der Waals surface area (Å²) >= 11 is 0. The highest BCUT2D eigenvalue weighted by atomic mass is 32.2. The minimum atomic E-state index is -3.77. The Labute approximate surface area is 140 Å². The molecule has 124 valence electrons. The number of carbonyl (C=O) groups excluding carboxylic acids is 1. The number of aryl methyl sites for hydroxylation is 1. The molecule has 2 rings (SSSR count). The van der Waals surface area contributed by atoms with Crippen LogP contribution in [0.15, 0.2) is 53.4 Å². The second-order valence-electron chi connectivity index (χ2n) is 5.07. The van der Waals surface area contributed by atoms with E-state index < -0.39 is 22.5 Å². The van der Waals surface area contributed by atoms with Gasteiger partial charge in [-0.25, -0.2) is 8.42 Å². The number of sulfonamides is 1. The Morgan fingerprint density at radius 3 is 2.50 bits per heavy atom. The molecule has 2 aromatic carbocycles. The summed E-state index contributed by atoms with van der Waals surface area (Å²) in [5, 5.41) is 8.96. The average molecular weight is 344 g/mol. The first kappa shape index (κ1) is 17.7. The van der Waals surface area contributed by atoms with Crippen molar-refractivity contribution in [3.63, 3.8) is 0 Å². The van der Waals surface area contributed by atoms with Gasteiger partial charge in [0.25, 0.3) is 0 Å². The molecule has 0 aliphatic heterocycles. The second-order valence-corrected chi connectivity index (χ2v) is 6.83. The Morgan fingerprint density at radius 2 is 1.83 bits per heavy atom. The van der Waals surface area contributed by atoms with E-state index in [1.807, 2.05) is 13.0 Å². The number of hydrogen-bond donors (Lipinski definition) is 1. The summed E-state index contributed by atoms with van der Waals surface area (Å²) in [6.07, 6.45) is 0. The van der Waals surface area contributed by atoms with Crippen LogP contribution < -0.4 is 4.72 Å². The normalized spacial score (nSPS) is 10.8. The predicted octanol–water partition coefficient (Wildman–Crippen LogP) is 1.89. The van der Waals surface area contributed by atoms with E-state index in [0.29, 0.717) is 11.1 Å². The predicted molar refractivity (Wildman–Crippen MR) is 87.3 cm³/mol. The van der Waals surface area contributed by atoms with Crippen molar-refractivity contribution in [2.45, 2.75) is 18.4 Å². The minimum Gasteiger partial charge on any atom is -0.460 e.